The summed E-state index contributed by atoms with van der Waals surface area (Å²) in [5.74, 6) is 0. The lowest BCUT2D eigenvalue weighted by Gasteiger charge is -2.34. The van der Waals surface area contributed by atoms with Gasteiger partial charge in [0.2, 0.25) is 0 Å². The van der Waals surface area contributed by atoms with Crippen molar-refractivity contribution in [2.45, 2.75) is 32.4 Å². The normalized spacial score (nSPS) is 19.7. The van der Waals surface area contributed by atoms with Gasteiger partial charge in [0.1, 0.15) is 0 Å². The third-order valence-electron chi connectivity index (χ3n) is 3.63. The van der Waals surface area contributed by atoms with E-state index in [1.807, 2.05) is 24.7 Å². The molecule has 18 heavy (non-hydrogen) atoms. The Bertz CT molecular complexity index is 506. The van der Waals surface area contributed by atoms with Gasteiger partial charge in [-0.15, -0.1) is 0 Å². The second-order valence-electron chi connectivity index (χ2n) is 4.73. The van der Waals surface area contributed by atoms with E-state index in [1.165, 1.54) is 11.4 Å². The molecule has 0 bridgehead atoms. The first-order chi connectivity index (χ1) is 8.88. The fourth-order valence-electron chi connectivity index (χ4n) is 2.74. The molecule has 2 aromatic rings. The number of nitrogens with one attached hydrogen (secondary N) is 1. The summed E-state index contributed by atoms with van der Waals surface area (Å²) < 4.78 is 0. The van der Waals surface area contributed by atoms with Gasteiger partial charge in [-0.25, -0.2) is 4.98 Å². The fraction of sp³-hybridized carbons (Fsp3) is 0.429. The lowest BCUT2D eigenvalue weighted by atomic mass is 10.0. The van der Waals surface area contributed by atoms with Gasteiger partial charge in [0.15, 0.2) is 0 Å². The number of nitrogens with zero attached hydrogens (tertiary/aromatic N) is 3. The van der Waals surface area contributed by atoms with E-state index in [4.69, 9.17) is 0 Å². The van der Waals surface area contributed by atoms with Crippen molar-refractivity contribution in [2.24, 2.45) is 0 Å². The molecule has 0 amide bonds. The minimum Gasteiger partial charge on any atom is -0.348 e. The molecule has 1 N–H and O–H groups in total. The van der Waals surface area contributed by atoms with Crippen LogP contribution in [0.5, 0.6) is 0 Å². The summed E-state index contributed by atoms with van der Waals surface area (Å²) in [6, 6.07) is 6.52. The van der Waals surface area contributed by atoms with Crippen LogP contribution in [-0.4, -0.2) is 26.4 Å². The van der Waals surface area contributed by atoms with Gasteiger partial charge < -0.3 is 4.98 Å². The van der Waals surface area contributed by atoms with Crippen molar-refractivity contribution in [1.82, 2.24) is 19.9 Å². The molecule has 0 fully saturated rings. The van der Waals surface area contributed by atoms with Gasteiger partial charge in [0, 0.05) is 31.4 Å². The molecule has 3 rings (SSSR count). The molecule has 94 valence electrons. The molecule has 1 aliphatic rings. The number of aromatic amines is 1. The number of imidazole rings is 1. The molecule has 4 nitrogen and oxygen atoms in total. The number of aromatic nitrogens is 3. The van der Waals surface area contributed by atoms with Crippen LogP contribution in [-0.2, 0) is 13.0 Å². The molecule has 3 heterocycles. The van der Waals surface area contributed by atoms with Crippen LogP contribution in [0.2, 0.25) is 0 Å². The van der Waals surface area contributed by atoms with Crippen LogP contribution in [0.1, 0.15) is 36.5 Å². The predicted molar refractivity (Wildman–Crippen MR) is 70.0 cm³/mol. The lowest BCUT2D eigenvalue weighted by molar-refractivity contribution is 0.165. The minimum atomic E-state index is 0.419. The summed E-state index contributed by atoms with van der Waals surface area (Å²) >= 11 is 0. The first-order valence-corrected chi connectivity index (χ1v) is 6.54. The molecule has 0 spiro atoms. The monoisotopic (exact) mass is 242 g/mol. The van der Waals surface area contributed by atoms with Crippen LogP contribution in [0, 0.1) is 0 Å². The van der Waals surface area contributed by atoms with Gasteiger partial charge in [0.05, 0.1) is 23.8 Å². The van der Waals surface area contributed by atoms with E-state index in [1.54, 1.807) is 0 Å². The lowest BCUT2D eigenvalue weighted by Crippen LogP contribution is -2.35. The van der Waals surface area contributed by atoms with Crippen molar-refractivity contribution < 1.29 is 0 Å². The predicted octanol–water partition coefficient (Wildman–Crippen LogP) is 2.31. The highest BCUT2D eigenvalue weighted by atomic mass is 15.2. The van der Waals surface area contributed by atoms with E-state index in [9.17, 15) is 0 Å². The second-order valence-corrected chi connectivity index (χ2v) is 4.73. The highest BCUT2D eigenvalue weighted by molar-refractivity contribution is 5.20. The molecule has 2 aromatic heterocycles. The number of rotatable bonds is 3. The van der Waals surface area contributed by atoms with Crippen LogP contribution in [0.4, 0.5) is 0 Å². The second kappa shape index (κ2) is 4.90. The Morgan fingerprint density at radius 3 is 3.11 bits per heavy atom. The van der Waals surface area contributed by atoms with Crippen molar-refractivity contribution in [3.63, 3.8) is 0 Å². The van der Waals surface area contributed by atoms with Crippen molar-refractivity contribution >= 4 is 0 Å². The Balaban J connectivity index is 1.81. The van der Waals surface area contributed by atoms with Gasteiger partial charge in [-0.1, -0.05) is 13.0 Å². The average molecular weight is 242 g/mol. The Kier molecular flexibility index (Phi) is 3.11. The Morgan fingerprint density at radius 2 is 2.33 bits per heavy atom. The maximum atomic E-state index is 4.48. The van der Waals surface area contributed by atoms with Crippen molar-refractivity contribution in [3.05, 3.63) is 47.8 Å². The zero-order valence-electron chi connectivity index (χ0n) is 10.6. The number of H-pyrrole nitrogens is 1. The molecule has 0 aromatic carbocycles. The minimum absolute atomic E-state index is 0.419. The molecule has 0 radical (unpaired) electrons. The number of pyridine rings is 1. The summed E-state index contributed by atoms with van der Waals surface area (Å²) in [4.78, 5) is 14.6. The van der Waals surface area contributed by atoms with Crippen molar-refractivity contribution in [2.75, 3.05) is 6.54 Å². The van der Waals surface area contributed by atoms with E-state index in [0.29, 0.717) is 6.04 Å². The summed E-state index contributed by atoms with van der Waals surface area (Å²) in [5, 5.41) is 0. The third kappa shape index (κ3) is 2.04. The van der Waals surface area contributed by atoms with Gasteiger partial charge in [-0.05, 0) is 18.6 Å². The van der Waals surface area contributed by atoms with E-state index in [0.717, 1.165) is 31.6 Å². The van der Waals surface area contributed by atoms with Crippen molar-refractivity contribution in [3.8, 4) is 0 Å². The van der Waals surface area contributed by atoms with Crippen LogP contribution in [0.25, 0.3) is 0 Å². The average Bonchev–Trinajstić information content (AvgIpc) is 2.88. The maximum Gasteiger partial charge on any atom is 0.0925 e. The molecule has 1 atom stereocenters. The van der Waals surface area contributed by atoms with Crippen LogP contribution >= 0.6 is 0 Å². The highest BCUT2D eigenvalue weighted by Gasteiger charge is 2.28. The van der Waals surface area contributed by atoms with Crippen LogP contribution in [0.3, 0.4) is 0 Å². The summed E-state index contributed by atoms with van der Waals surface area (Å²) in [5.41, 5.74) is 3.66. The van der Waals surface area contributed by atoms with Gasteiger partial charge in [-0.2, -0.15) is 0 Å². The highest BCUT2D eigenvalue weighted by Crippen LogP contribution is 2.30. The molecule has 0 saturated carbocycles. The zero-order chi connectivity index (χ0) is 12.4. The number of fused-ring (bicyclic) bond motifs is 1. The van der Waals surface area contributed by atoms with Crippen LogP contribution < -0.4 is 0 Å². The number of hydrogen-bond acceptors (Lipinski definition) is 3. The topological polar surface area (TPSA) is 44.8 Å². The first-order valence-electron chi connectivity index (χ1n) is 6.54. The van der Waals surface area contributed by atoms with Gasteiger partial charge in [0.25, 0.3) is 0 Å². The largest absolute Gasteiger partial charge is 0.348 e. The van der Waals surface area contributed by atoms with Gasteiger partial charge in [-0.3, -0.25) is 9.88 Å². The molecule has 1 unspecified atom stereocenters. The van der Waals surface area contributed by atoms with E-state index >= 15 is 0 Å². The molecular formula is C14H18N4. The maximum absolute atomic E-state index is 4.48. The van der Waals surface area contributed by atoms with Crippen LogP contribution in [0.15, 0.2) is 30.7 Å². The summed E-state index contributed by atoms with van der Waals surface area (Å²) in [7, 11) is 0. The SMILES string of the molecule is CCC1c2nc[nH]c2CCN1Cc1ccccn1. The fourth-order valence-corrected chi connectivity index (χ4v) is 2.74. The zero-order valence-corrected chi connectivity index (χ0v) is 10.6. The van der Waals surface area contributed by atoms with E-state index in [2.05, 4.69) is 32.8 Å². The summed E-state index contributed by atoms with van der Waals surface area (Å²) in [6.45, 7) is 4.20. The molecule has 4 heteroatoms. The molecular weight excluding hydrogens is 224 g/mol. The van der Waals surface area contributed by atoms with E-state index < -0.39 is 0 Å². The Labute approximate surface area is 107 Å². The van der Waals surface area contributed by atoms with Crippen molar-refractivity contribution in [1.29, 1.82) is 0 Å². The molecule has 1 aliphatic heterocycles. The smallest absolute Gasteiger partial charge is 0.0925 e. The Hall–Kier alpha value is -1.68. The van der Waals surface area contributed by atoms with Gasteiger partial charge >= 0.3 is 0 Å². The summed E-state index contributed by atoms with van der Waals surface area (Å²) in [6.07, 6.45) is 5.82. The Morgan fingerprint density at radius 1 is 1.39 bits per heavy atom. The molecule has 0 aliphatic carbocycles. The quantitative estimate of drug-likeness (QED) is 0.898. The third-order valence-corrected chi connectivity index (χ3v) is 3.63. The first kappa shape index (κ1) is 11.4. The number of hydrogen-bond donors (Lipinski definition) is 1. The molecule has 0 saturated heterocycles. The van der Waals surface area contributed by atoms with E-state index in [-0.39, 0.29) is 0 Å². The standard InChI is InChI=1S/C14H18N4/c1-2-13-14-12(16-10-17-14)6-8-18(13)9-11-5-3-4-7-15-11/h3-5,7,10,13H,2,6,8-9H2,1H3,(H,16,17).